The Balaban J connectivity index is 2.98. The van der Waals surface area contributed by atoms with Crippen molar-refractivity contribution >= 4 is 18.4 Å². The number of rotatable bonds is 6. The zero-order chi connectivity index (χ0) is 17.2. The molecule has 0 bridgehead atoms. The van der Waals surface area contributed by atoms with Gasteiger partial charge in [-0.25, -0.2) is 4.39 Å². The minimum Gasteiger partial charge on any atom is -0.414 e. The van der Waals surface area contributed by atoms with E-state index >= 15 is 0 Å². The van der Waals surface area contributed by atoms with Gasteiger partial charge < -0.3 is 4.43 Å². The molecule has 1 aromatic carbocycles. The monoisotopic (exact) mass is 348 g/mol. The molecule has 0 N–H and O–H groups in total. The molecule has 4 nitrogen and oxygen atoms in total. The molecule has 0 aliphatic heterocycles. The number of halogens is 1. The van der Waals surface area contributed by atoms with Gasteiger partial charge in [0.15, 0.2) is 8.32 Å². The Bertz CT molecular complexity index is 608. The molecule has 0 radical (unpaired) electrons. The van der Waals surface area contributed by atoms with Crippen LogP contribution in [0, 0.1) is 5.82 Å². The second-order valence-corrected chi connectivity index (χ2v) is 13.3. The van der Waals surface area contributed by atoms with Crippen molar-refractivity contribution in [2.75, 3.05) is 12.9 Å². The average Bonchev–Trinajstić information content (AvgIpc) is 2.31. The topological polar surface area (TPSA) is 52.6 Å². The summed E-state index contributed by atoms with van der Waals surface area (Å²) in [6.45, 7) is 10.5. The lowest BCUT2D eigenvalue weighted by Crippen LogP contribution is -2.42. The van der Waals surface area contributed by atoms with Gasteiger partial charge >= 0.3 is 0 Å². The van der Waals surface area contributed by atoms with Crippen molar-refractivity contribution in [2.45, 2.75) is 45.0 Å². The van der Waals surface area contributed by atoms with E-state index in [4.69, 9.17) is 8.61 Å². The van der Waals surface area contributed by atoms with Crippen molar-refractivity contribution in [3.8, 4) is 0 Å². The molecule has 1 aromatic rings. The van der Waals surface area contributed by atoms with E-state index in [1.54, 1.807) is 6.07 Å². The van der Waals surface area contributed by atoms with Crippen LogP contribution in [0.3, 0.4) is 0 Å². The van der Waals surface area contributed by atoms with Crippen LogP contribution in [0.1, 0.15) is 32.4 Å². The van der Waals surface area contributed by atoms with Crippen molar-refractivity contribution in [3.63, 3.8) is 0 Å². The summed E-state index contributed by atoms with van der Waals surface area (Å²) in [6.07, 6.45) is 0.130. The van der Waals surface area contributed by atoms with Crippen LogP contribution in [0.4, 0.5) is 4.39 Å². The van der Waals surface area contributed by atoms with Gasteiger partial charge in [0.25, 0.3) is 10.1 Å². The Morgan fingerprint density at radius 2 is 1.86 bits per heavy atom. The molecule has 0 amide bonds. The molecular weight excluding hydrogens is 323 g/mol. The predicted octanol–water partition coefficient (Wildman–Crippen LogP) is 3.86. The third-order valence-corrected chi connectivity index (χ3v) is 9.00. The first-order valence-corrected chi connectivity index (χ1v) is 11.8. The predicted molar refractivity (Wildman–Crippen MR) is 88.2 cm³/mol. The third kappa shape index (κ3) is 5.79. The van der Waals surface area contributed by atoms with E-state index in [0.717, 1.165) is 6.26 Å². The maximum Gasteiger partial charge on any atom is 0.265 e. The van der Waals surface area contributed by atoms with Crippen LogP contribution in [0.15, 0.2) is 24.3 Å². The van der Waals surface area contributed by atoms with Crippen LogP contribution in [-0.2, 0) is 18.7 Å². The fraction of sp³-hybridized carbons (Fsp3) is 0.600. The fourth-order valence-corrected chi connectivity index (χ4v) is 3.19. The third-order valence-electron chi connectivity index (χ3n) is 3.91. The van der Waals surface area contributed by atoms with E-state index in [0.29, 0.717) is 5.56 Å². The number of hydrogen-bond donors (Lipinski definition) is 0. The van der Waals surface area contributed by atoms with Crippen molar-refractivity contribution in [3.05, 3.63) is 35.6 Å². The van der Waals surface area contributed by atoms with E-state index in [9.17, 15) is 12.8 Å². The minimum absolute atomic E-state index is 0.00935. The van der Waals surface area contributed by atoms with Gasteiger partial charge in [-0.2, -0.15) is 8.42 Å². The lowest BCUT2D eigenvalue weighted by molar-refractivity contribution is 0.127. The van der Waals surface area contributed by atoms with Gasteiger partial charge in [-0.1, -0.05) is 32.9 Å². The SMILES string of the molecule is CC(C)(C)[Si](C)(C)OCC(OS(C)(=O)=O)c1cccc(F)c1. The second kappa shape index (κ2) is 6.78. The molecule has 0 aromatic heterocycles. The van der Waals surface area contributed by atoms with Gasteiger partial charge in [0.2, 0.25) is 0 Å². The molecule has 7 heteroatoms. The van der Waals surface area contributed by atoms with Crippen molar-refractivity contribution < 1.29 is 21.4 Å². The standard InChI is InChI=1S/C15H25FO4SSi/c1-15(2,3)22(5,6)19-11-14(20-21(4,17)18)12-8-7-9-13(16)10-12/h7-10,14H,11H2,1-6H3. The maximum atomic E-state index is 13.4. The molecule has 0 heterocycles. The fourth-order valence-electron chi connectivity index (χ4n) is 1.60. The van der Waals surface area contributed by atoms with Gasteiger partial charge in [0, 0.05) is 0 Å². The summed E-state index contributed by atoms with van der Waals surface area (Å²) in [4.78, 5) is 0. The van der Waals surface area contributed by atoms with Gasteiger partial charge in [-0.15, -0.1) is 0 Å². The molecular formula is C15H25FO4SSi. The van der Waals surface area contributed by atoms with Crippen molar-refractivity contribution in [1.29, 1.82) is 0 Å². The molecule has 1 atom stereocenters. The van der Waals surface area contributed by atoms with Crippen LogP contribution in [-0.4, -0.2) is 29.6 Å². The largest absolute Gasteiger partial charge is 0.414 e. The summed E-state index contributed by atoms with van der Waals surface area (Å²) in [5.41, 5.74) is 0.448. The van der Waals surface area contributed by atoms with E-state index in [1.807, 2.05) is 0 Å². The quantitative estimate of drug-likeness (QED) is 0.578. The van der Waals surface area contributed by atoms with Crippen LogP contribution in [0.5, 0.6) is 0 Å². The van der Waals surface area contributed by atoms with Crippen LogP contribution >= 0.6 is 0 Å². The first-order valence-electron chi connectivity index (χ1n) is 7.09. The summed E-state index contributed by atoms with van der Waals surface area (Å²) < 4.78 is 47.4. The zero-order valence-electron chi connectivity index (χ0n) is 14.0. The summed E-state index contributed by atoms with van der Waals surface area (Å²) in [7, 11) is -5.73. The van der Waals surface area contributed by atoms with Crippen LogP contribution in [0.25, 0.3) is 0 Å². The molecule has 0 aliphatic rings. The van der Waals surface area contributed by atoms with Crippen molar-refractivity contribution in [1.82, 2.24) is 0 Å². The van der Waals surface area contributed by atoms with Crippen LogP contribution in [0.2, 0.25) is 18.1 Å². The lowest BCUT2D eigenvalue weighted by atomic mass is 10.1. The summed E-state index contributed by atoms with van der Waals surface area (Å²) >= 11 is 0. The molecule has 0 aliphatic carbocycles. The molecule has 126 valence electrons. The Labute approximate surface area is 133 Å². The highest BCUT2D eigenvalue weighted by molar-refractivity contribution is 7.86. The first-order chi connectivity index (χ1) is 9.82. The molecule has 0 saturated carbocycles. The number of benzene rings is 1. The second-order valence-electron chi connectivity index (χ2n) is 6.92. The van der Waals surface area contributed by atoms with Gasteiger partial charge in [-0.3, -0.25) is 4.18 Å². The molecule has 0 spiro atoms. The Morgan fingerprint density at radius 1 is 1.27 bits per heavy atom. The molecule has 22 heavy (non-hydrogen) atoms. The summed E-state index contributed by atoms with van der Waals surface area (Å²) in [5.74, 6) is -0.438. The summed E-state index contributed by atoms with van der Waals surface area (Å²) in [5, 5.41) is -0.00935. The summed E-state index contributed by atoms with van der Waals surface area (Å²) in [6, 6.07) is 5.73. The van der Waals surface area contributed by atoms with Gasteiger partial charge in [0.05, 0.1) is 12.9 Å². The molecule has 1 rings (SSSR count). The molecule has 0 fully saturated rings. The molecule has 1 unspecified atom stereocenters. The van der Waals surface area contributed by atoms with Crippen LogP contribution < -0.4 is 0 Å². The number of hydrogen-bond acceptors (Lipinski definition) is 4. The molecule has 0 saturated heterocycles. The Kier molecular flexibility index (Phi) is 5.94. The highest BCUT2D eigenvalue weighted by Crippen LogP contribution is 2.37. The smallest absolute Gasteiger partial charge is 0.265 e. The van der Waals surface area contributed by atoms with Gasteiger partial charge in [-0.05, 0) is 35.8 Å². The van der Waals surface area contributed by atoms with E-state index in [-0.39, 0.29) is 11.6 Å². The average molecular weight is 349 g/mol. The van der Waals surface area contributed by atoms with E-state index in [2.05, 4.69) is 33.9 Å². The Morgan fingerprint density at radius 3 is 2.32 bits per heavy atom. The van der Waals surface area contributed by atoms with Gasteiger partial charge in [0.1, 0.15) is 11.9 Å². The maximum absolute atomic E-state index is 13.4. The normalized spacial score (nSPS) is 14.9. The van der Waals surface area contributed by atoms with Crippen molar-refractivity contribution in [2.24, 2.45) is 0 Å². The van der Waals surface area contributed by atoms with E-state index in [1.165, 1.54) is 18.2 Å². The highest BCUT2D eigenvalue weighted by atomic mass is 32.2. The highest BCUT2D eigenvalue weighted by Gasteiger charge is 2.38. The lowest BCUT2D eigenvalue weighted by Gasteiger charge is -2.37. The first kappa shape index (κ1) is 19.3. The van der Waals surface area contributed by atoms with E-state index < -0.39 is 30.4 Å². The minimum atomic E-state index is -3.67. The zero-order valence-corrected chi connectivity index (χ0v) is 15.8. The Hall–Kier alpha value is -0.763.